The Balaban J connectivity index is 1.90. The van der Waals surface area contributed by atoms with Crippen molar-refractivity contribution in [1.82, 2.24) is 9.97 Å². The van der Waals surface area contributed by atoms with Gasteiger partial charge in [-0.1, -0.05) is 48.0 Å². The third kappa shape index (κ3) is 2.75. The van der Waals surface area contributed by atoms with Gasteiger partial charge in [0, 0.05) is 6.20 Å². The molecule has 2 aromatic carbocycles. The lowest BCUT2D eigenvalue weighted by atomic mass is 10.1. The van der Waals surface area contributed by atoms with Gasteiger partial charge in [-0.15, -0.1) is 0 Å². The second-order valence-electron chi connectivity index (χ2n) is 5.00. The summed E-state index contributed by atoms with van der Waals surface area (Å²) in [5.41, 5.74) is 6.43. The molecule has 0 aliphatic rings. The zero-order chi connectivity index (χ0) is 13.9. The average Bonchev–Trinajstić information content (AvgIpc) is 2.46. The smallest absolute Gasteiger partial charge is 0.0892 e. The summed E-state index contributed by atoms with van der Waals surface area (Å²) in [6.07, 6.45) is 6.02. The standard InChI is InChI=1S/C18H16N2/c1-13-3-5-15(6-4-13)7-8-16-9-10-17-18(11-16)19-12-14(2)20-17/h3-12H,1-2H3. The number of aryl methyl sites for hydroxylation is 2. The Bertz CT molecular complexity index is 771. The van der Waals surface area contributed by atoms with E-state index in [0.29, 0.717) is 0 Å². The number of fused-ring (bicyclic) bond motifs is 1. The predicted octanol–water partition coefficient (Wildman–Crippen LogP) is 4.42. The maximum atomic E-state index is 4.46. The number of aromatic nitrogens is 2. The third-order valence-electron chi connectivity index (χ3n) is 3.23. The molecule has 0 amide bonds. The fourth-order valence-electron chi connectivity index (χ4n) is 2.09. The van der Waals surface area contributed by atoms with Gasteiger partial charge in [0.05, 0.1) is 16.7 Å². The van der Waals surface area contributed by atoms with Gasteiger partial charge < -0.3 is 0 Å². The molecule has 98 valence electrons. The molecule has 1 heterocycles. The van der Waals surface area contributed by atoms with Crippen molar-refractivity contribution < 1.29 is 0 Å². The maximum absolute atomic E-state index is 4.46. The van der Waals surface area contributed by atoms with E-state index in [4.69, 9.17) is 0 Å². The highest BCUT2D eigenvalue weighted by Crippen LogP contribution is 2.15. The Morgan fingerprint density at radius 2 is 1.50 bits per heavy atom. The molecule has 0 atom stereocenters. The highest BCUT2D eigenvalue weighted by molar-refractivity contribution is 5.80. The molecule has 2 heteroatoms. The van der Waals surface area contributed by atoms with E-state index in [1.807, 2.05) is 13.0 Å². The molecular formula is C18H16N2. The van der Waals surface area contributed by atoms with Crippen LogP contribution in [0.25, 0.3) is 23.2 Å². The van der Waals surface area contributed by atoms with E-state index in [0.717, 1.165) is 22.3 Å². The van der Waals surface area contributed by atoms with Crippen LogP contribution < -0.4 is 0 Å². The number of hydrogen-bond acceptors (Lipinski definition) is 2. The van der Waals surface area contributed by atoms with Crippen molar-refractivity contribution >= 4 is 23.2 Å². The topological polar surface area (TPSA) is 25.8 Å². The number of hydrogen-bond donors (Lipinski definition) is 0. The Morgan fingerprint density at radius 3 is 2.30 bits per heavy atom. The SMILES string of the molecule is Cc1ccc(C=Cc2ccc3nc(C)cnc3c2)cc1. The van der Waals surface area contributed by atoms with Crippen molar-refractivity contribution in [3.8, 4) is 0 Å². The summed E-state index contributed by atoms with van der Waals surface area (Å²) in [6, 6.07) is 14.6. The van der Waals surface area contributed by atoms with Gasteiger partial charge in [-0.25, -0.2) is 4.98 Å². The number of nitrogens with zero attached hydrogens (tertiary/aromatic N) is 2. The average molecular weight is 260 g/mol. The van der Waals surface area contributed by atoms with Crippen molar-refractivity contribution in [2.75, 3.05) is 0 Å². The summed E-state index contributed by atoms with van der Waals surface area (Å²) >= 11 is 0. The van der Waals surface area contributed by atoms with Crippen molar-refractivity contribution in [2.45, 2.75) is 13.8 Å². The predicted molar refractivity (Wildman–Crippen MR) is 84.4 cm³/mol. The van der Waals surface area contributed by atoms with E-state index in [1.165, 1.54) is 11.1 Å². The van der Waals surface area contributed by atoms with E-state index < -0.39 is 0 Å². The van der Waals surface area contributed by atoms with E-state index in [2.05, 4.69) is 65.4 Å². The first-order valence-electron chi connectivity index (χ1n) is 6.69. The van der Waals surface area contributed by atoms with Gasteiger partial charge in [0.2, 0.25) is 0 Å². The van der Waals surface area contributed by atoms with Crippen LogP contribution in [0.15, 0.2) is 48.7 Å². The summed E-state index contributed by atoms with van der Waals surface area (Å²) in [5, 5.41) is 0. The van der Waals surface area contributed by atoms with Crippen LogP contribution >= 0.6 is 0 Å². The first-order chi connectivity index (χ1) is 9.70. The van der Waals surface area contributed by atoms with Gasteiger partial charge in [-0.2, -0.15) is 0 Å². The van der Waals surface area contributed by atoms with Crippen LogP contribution in [0.2, 0.25) is 0 Å². The quantitative estimate of drug-likeness (QED) is 0.637. The van der Waals surface area contributed by atoms with Crippen molar-refractivity contribution in [3.63, 3.8) is 0 Å². The Morgan fingerprint density at radius 1 is 0.800 bits per heavy atom. The molecule has 3 rings (SSSR count). The molecule has 0 saturated heterocycles. The highest BCUT2D eigenvalue weighted by atomic mass is 14.8. The lowest BCUT2D eigenvalue weighted by Crippen LogP contribution is -1.87. The van der Waals surface area contributed by atoms with Gasteiger partial charge in [0.15, 0.2) is 0 Å². The van der Waals surface area contributed by atoms with Crippen LogP contribution in [0.1, 0.15) is 22.4 Å². The summed E-state index contributed by atoms with van der Waals surface area (Å²) in [4.78, 5) is 8.87. The molecule has 0 aliphatic carbocycles. The highest BCUT2D eigenvalue weighted by Gasteiger charge is 1.97. The normalized spacial score (nSPS) is 11.3. The Hall–Kier alpha value is -2.48. The summed E-state index contributed by atoms with van der Waals surface area (Å²) in [6.45, 7) is 4.05. The summed E-state index contributed by atoms with van der Waals surface area (Å²) < 4.78 is 0. The molecule has 0 unspecified atom stereocenters. The van der Waals surface area contributed by atoms with Crippen LogP contribution in [0.3, 0.4) is 0 Å². The lowest BCUT2D eigenvalue weighted by Gasteiger charge is -2.00. The molecule has 0 fully saturated rings. The molecule has 0 radical (unpaired) electrons. The monoisotopic (exact) mass is 260 g/mol. The van der Waals surface area contributed by atoms with E-state index >= 15 is 0 Å². The number of rotatable bonds is 2. The molecule has 3 aromatic rings. The van der Waals surface area contributed by atoms with Crippen molar-refractivity contribution in [3.05, 3.63) is 71.0 Å². The fraction of sp³-hybridized carbons (Fsp3) is 0.111. The second-order valence-corrected chi connectivity index (χ2v) is 5.00. The fourth-order valence-corrected chi connectivity index (χ4v) is 2.09. The van der Waals surface area contributed by atoms with E-state index in [9.17, 15) is 0 Å². The first kappa shape index (κ1) is 12.5. The summed E-state index contributed by atoms with van der Waals surface area (Å²) in [7, 11) is 0. The molecular weight excluding hydrogens is 244 g/mol. The van der Waals surface area contributed by atoms with Gasteiger partial charge >= 0.3 is 0 Å². The van der Waals surface area contributed by atoms with E-state index in [1.54, 1.807) is 6.20 Å². The molecule has 20 heavy (non-hydrogen) atoms. The Kier molecular flexibility index (Phi) is 3.30. The molecule has 2 nitrogen and oxygen atoms in total. The zero-order valence-electron chi connectivity index (χ0n) is 11.7. The van der Waals surface area contributed by atoms with Crippen LogP contribution in [-0.4, -0.2) is 9.97 Å². The maximum Gasteiger partial charge on any atom is 0.0892 e. The van der Waals surface area contributed by atoms with Crippen molar-refractivity contribution in [2.24, 2.45) is 0 Å². The minimum Gasteiger partial charge on any atom is -0.253 e. The summed E-state index contributed by atoms with van der Waals surface area (Å²) in [5.74, 6) is 0. The first-order valence-corrected chi connectivity index (χ1v) is 6.69. The second kappa shape index (κ2) is 5.25. The zero-order valence-corrected chi connectivity index (χ0v) is 11.7. The van der Waals surface area contributed by atoms with Crippen LogP contribution in [0, 0.1) is 13.8 Å². The molecule has 0 saturated carbocycles. The minimum atomic E-state index is 0.932. The molecule has 0 bridgehead atoms. The van der Waals surface area contributed by atoms with Gasteiger partial charge in [-0.3, -0.25) is 4.98 Å². The third-order valence-corrected chi connectivity index (χ3v) is 3.23. The molecule has 0 spiro atoms. The molecule has 0 N–H and O–H groups in total. The van der Waals surface area contributed by atoms with Crippen LogP contribution in [-0.2, 0) is 0 Å². The number of benzene rings is 2. The van der Waals surface area contributed by atoms with Crippen molar-refractivity contribution in [1.29, 1.82) is 0 Å². The lowest BCUT2D eigenvalue weighted by molar-refractivity contribution is 1.18. The Labute approximate surface area is 118 Å². The van der Waals surface area contributed by atoms with E-state index in [-0.39, 0.29) is 0 Å². The molecule has 1 aromatic heterocycles. The minimum absolute atomic E-state index is 0.932. The largest absolute Gasteiger partial charge is 0.253 e. The van der Waals surface area contributed by atoms with Gasteiger partial charge in [-0.05, 0) is 37.1 Å². The van der Waals surface area contributed by atoms with Crippen LogP contribution in [0.4, 0.5) is 0 Å². The molecule has 0 aliphatic heterocycles. The van der Waals surface area contributed by atoms with Gasteiger partial charge in [0.1, 0.15) is 0 Å². The van der Waals surface area contributed by atoms with Crippen LogP contribution in [0.5, 0.6) is 0 Å². The van der Waals surface area contributed by atoms with Gasteiger partial charge in [0.25, 0.3) is 0 Å².